The van der Waals surface area contributed by atoms with Gasteiger partial charge in [0.05, 0.1) is 45.2 Å². The van der Waals surface area contributed by atoms with Crippen LogP contribution in [0.2, 0.25) is 0 Å². The quantitative estimate of drug-likeness (QED) is 0.0897. The summed E-state index contributed by atoms with van der Waals surface area (Å²) in [5.74, 6) is 1.47. The van der Waals surface area contributed by atoms with Gasteiger partial charge < -0.3 is 29.0 Å². The Kier molecular flexibility index (Phi) is 19.6. The van der Waals surface area contributed by atoms with E-state index in [9.17, 15) is 4.79 Å². The average molecular weight is 712 g/mol. The van der Waals surface area contributed by atoms with Crippen molar-refractivity contribution in [3.63, 3.8) is 0 Å². The fourth-order valence-corrected chi connectivity index (χ4v) is 7.61. The summed E-state index contributed by atoms with van der Waals surface area (Å²) in [6.07, 6.45) is 20.4. The van der Waals surface area contributed by atoms with Gasteiger partial charge in [0.25, 0.3) is 4.99 Å². The van der Waals surface area contributed by atoms with Crippen molar-refractivity contribution < 1.29 is 28.5 Å². The van der Waals surface area contributed by atoms with Crippen molar-refractivity contribution in [1.29, 1.82) is 0 Å². The van der Waals surface area contributed by atoms with Crippen molar-refractivity contribution in [2.24, 2.45) is 0 Å². The maximum Gasteiger partial charge on any atom is 0.270 e. The van der Waals surface area contributed by atoms with E-state index < -0.39 is 0 Å². The molecule has 1 amide bonds. The number of rotatable bonds is 19. The molecule has 0 aromatic heterocycles. The van der Waals surface area contributed by atoms with Crippen LogP contribution in [0.1, 0.15) is 122 Å². The molecule has 0 atom stereocenters. The highest BCUT2D eigenvalue weighted by molar-refractivity contribution is 7.91. The van der Waals surface area contributed by atoms with Gasteiger partial charge in [-0.25, -0.2) is 0 Å². The molecule has 1 N–H and O–H groups in total. The minimum absolute atomic E-state index is 0.0958. The number of fused-ring (bicyclic) bond motifs is 2. The average Bonchev–Trinajstić information content (AvgIpc) is 3.49. The second-order valence-corrected chi connectivity index (χ2v) is 14.3. The van der Waals surface area contributed by atoms with Crippen LogP contribution in [-0.4, -0.2) is 70.3 Å². The zero-order valence-electron chi connectivity index (χ0n) is 30.9. The lowest BCUT2D eigenvalue weighted by atomic mass is 10.0. The summed E-state index contributed by atoms with van der Waals surface area (Å²) in [5.41, 5.74) is 1.90. The molecule has 2 heterocycles. The van der Waals surface area contributed by atoms with E-state index >= 15 is 0 Å². The van der Waals surface area contributed by atoms with Crippen molar-refractivity contribution in [2.75, 3.05) is 64.7 Å². The number of unbranched alkanes of at least 4 members (excludes halogenated alkanes) is 14. The van der Waals surface area contributed by atoms with Crippen molar-refractivity contribution in [2.45, 2.75) is 117 Å². The molecule has 4 rings (SSSR count). The van der Waals surface area contributed by atoms with Crippen LogP contribution < -0.4 is 24.7 Å². The van der Waals surface area contributed by atoms with Gasteiger partial charge in [-0.3, -0.25) is 4.79 Å². The third-order valence-electron chi connectivity index (χ3n) is 9.21. The molecule has 278 valence electrons. The number of hydrogen-bond donors (Lipinski definition) is 1. The van der Waals surface area contributed by atoms with E-state index in [4.69, 9.17) is 23.7 Å². The van der Waals surface area contributed by atoms with Crippen LogP contribution >= 0.6 is 10.9 Å². The van der Waals surface area contributed by atoms with Crippen molar-refractivity contribution >= 4 is 27.5 Å². The third-order valence-corrected chi connectivity index (χ3v) is 10.4. The zero-order chi connectivity index (χ0) is 35.1. The zero-order valence-corrected chi connectivity index (χ0v) is 31.8. The Hall–Kier alpha value is -2.72. The predicted molar refractivity (Wildman–Crippen MR) is 206 cm³/mol. The molecule has 0 unspecified atom stereocenters. The van der Waals surface area contributed by atoms with E-state index in [0.717, 1.165) is 41.0 Å². The van der Waals surface area contributed by atoms with Gasteiger partial charge in [-0.15, -0.1) is 0 Å². The number of anilines is 1. The van der Waals surface area contributed by atoms with Gasteiger partial charge in [0.2, 0.25) is 11.3 Å². The highest BCUT2D eigenvalue weighted by Crippen LogP contribution is 2.29. The SMILES string of the molecule is CCCCCCCCCCCCCCCCCC(=O)Nc1ccc2c(c1)=[N+](CC)C(c1ccc3c(c1)OCCOCCOCCOCCO3)=S=2. The van der Waals surface area contributed by atoms with E-state index in [2.05, 4.69) is 41.9 Å². The second-order valence-electron chi connectivity index (χ2n) is 13.3. The van der Waals surface area contributed by atoms with Crippen molar-refractivity contribution in [3.05, 3.63) is 51.8 Å². The first-order valence-corrected chi connectivity index (χ1v) is 20.4. The summed E-state index contributed by atoms with van der Waals surface area (Å²) in [6, 6.07) is 12.3. The molecule has 0 radical (unpaired) electrons. The molecule has 50 heavy (non-hydrogen) atoms. The smallest absolute Gasteiger partial charge is 0.270 e. The molecule has 2 aromatic carbocycles. The molecular weight excluding hydrogens is 649 g/mol. The van der Waals surface area contributed by atoms with Crippen LogP contribution in [0.25, 0.3) is 0 Å². The number of carbonyl (C=O) groups is 1. The summed E-state index contributed by atoms with van der Waals surface area (Å²) in [6.45, 7) is 9.15. The number of ether oxygens (including phenoxy) is 5. The molecule has 8 nitrogen and oxygen atoms in total. The first-order chi connectivity index (χ1) is 24.7. The number of nitrogens with zero attached hydrogens (tertiary/aromatic N) is 1. The van der Waals surface area contributed by atoms with Crippen LogP contribution in [0.4, 0.5) is 5.69 Å². The number of hydrogen-bond acceptors (Lipinski definition) is 6. The van der Waals surface area contributed by atoms with E-state index in [-0.39, 0.29) is 5.91 Å². The largest absolute Gasteiger partial charge is 0.487 e. The van der Waals surface area contributed by atoms with Crippen LogP contribution in [0.3, 0.4) is 0 Å². The Morgan fingerprint density at radius 1 is 0.640 bits per heavy atom. The van der Waals surface area contributed by atoms with Crippen LogP contribution in [-0.2, 0) is 19.0 Å². The number of amides is 1. The second kappa shape index (κ2) is 24.5. The molecule has 0 aliphatic carbocycles. The Morgan fingerprint density at radius 3 is 1.76 bits per heavy atom. The Morgan fingerprint density at radius 2 is 1.18 bits per heavy atom. The number of nitrogens with one attached hydrogen (secondary N) is 1. The number of carbonyl (C=O) groups excluding carboxylic acids is 1. The lowest BCUT2D eigenvalue weighted by Gasteiger charge is -2.14. The summed E-state index contributed by atoms with van der Waals surface area (Å²) >= 11 is 0. The predicted octanol–water partition coefficient (Wildman–Crippen LogP) is 8.39. The molecule has 0 bridgehead atoms. The summed E-state index contributed by atoms with van der Waals surface area (Å²) in [7, 11) is 1.74. The molecule has 0 saturated carbocycles. The highest BCUT2D eigenvalue weighted by atomic mass is 32.1. The molecule has 9 heteroatoms. The van der Waals surface area contributed by atoms with Gasteiger partial charge >= 0.3 is 0 Å². The molecular formula is C41H63N2O6S+. The van der Waals surface area contributed by atoms with Gasteiger partial charge in [-0.05, 0) is 43.7 Å². The topological polar surface area (TPSA) is 78.3 Å². The molecule has 0 saturated heterocycles. The minimum atomic E-state index is 0.0958. The molecule has 2 aromatic rings. The summed E-state index contributed by atoms with van der Waals surface area (Å²) in [4.78, 5) is 14.0. The van der Waals surface area contributed by atoms with Gasteiger partial charge in [0, 0.05) is 18.2 Å². The Balaban J connectivity index is 1.22. The van der Waals surface area contributed by atoms with Gasteiger partial charge in [-0.2, -0.15) is 4.58 Å². The van der Waals surface area contributed by atoms with Gasteiger partial charge in [0.1, 0.15) is 24.3 Å². The van der Waals surface area contributed by atoms with Crippen molar-refractivity contribution in [3.8, 4) is 11.5 Å². The first kappa shape index (κ1) is 40.1. The lowest BCUT2D eigenvalue weighted by molar-refractivity contribution is -0.116. The maximum atomic E-state index is 12.8. The standard InChI is InChI=1S/C41H62N2O6S/c1-3-5-6-7-8-9-10-11-12-13-14-15-16-17-18-19-40(44)42-35-21-23-39-36(33-35)43(4-2)41(50-39)34-20-22-37-38(32-34)49-31-29-47-27-25-45-24-26-46-28-30-48-37/h20-23,32-33H,3-19,24-31H2,1-2H3/p+1. The number of benzene rings is 2. The van der Waals surface area contributed by atoms with Crippen LogP contribution in [0.5, 0.6) is 11.5 Å². The summed E-state index contributed by atoms with van der Waals surface area (Å²) < 4.78 is 32.4. The Bertz CT molecular complexity index is 1460. The fraction of sp³-hybridized carbons (Fsp3) is 0.659. The fourth-order valence-electron chi connectivity index (χ4n) is 6.41. The lowest BCUT2D eigenvalue weighted by Crippen LogP contribution is -2.33. The highest BCUT2D eigenvalue weighted by Gasteiger charge is 2.23. The molecule has 2 aliphatic heterocycles. The molecule has 2 aliphatic rings. The van der Waals surface area contributed by atoms with E-state index in [0.29, 0.717) is 70.8 Å². The maximum absolute atomic E-state index is 12.8. The first-order valence-electron chi connectivity index (χ1n) is 19.6. The summed E-state index contributed by atoms with van der Waals surface area (Å²) in [5, 5.41) is 4.27. The van der Waals surface area contributed by atoms with Crippen LogP contribution in [0.15, 0.2) is 36.4 Å². The molecule has 0 spiro atoms. The van der Waals surface area contributed by atoms with E-state index in [1.54, 1.807) is 10.9 Å². The minimum Gasteiger partial charge on any atom is -0.487 e. The van der Waals surface area contributed by atoms with E-state index in [1.165, 1.54) is 88.0 Å². The third kappa shape index (κ3) is 14.5. The van der Waals surface area contributed by atoms with Gasteiger partial charge in [0.15, 0.2) is 11.5 Å². The van der Waals surface area contributed by atoms with Crippen LogP contribution in [0, 0.1) is 4.51 Å². The normalized spacial score (nSPS) is 15.6. The van der Waals surface area contributed by atoms with Crippen molar-refractivity contribution in [1.82, 2.24) is 4.58 Å². The van der Waals surface area contributed by atoms with E-state index in [1.807, 2.05) is 18.2 Å². The van der Waals surface area contributed by atoms with Gasteiger partial charge in [-0.1, -0.05) is 108 Å². The monoisotopic (exact) mass is 711 g/mol. The molecule has 0 fully saturated rings. The Labute approximate surface area is 304 Å².